The summed E-state index contributed by atoms with van der Waals surface area (Å²) >= 11 is 9.28. The van der Waals surface area contributed by atoms with E-state index in [2.05, 4.69) is 15.9 Å². The molecule has 0 heterocycles. The lowest BCUT2D eigenvalue weighted by Crippen LogP contribution is -2.18. The third-order valence-corrected chi connectivity index (χ3v) is 3.60. The van der Waals surface area contributed by atoms with Crippen LogP contribution in [-0.4, -0.2) is 12.6 Å². The second-order valence-electron chi connectivity index (χ2n) is 4.61. The molecule has 0 bridgehead atoms. The topological polar surface area (TPSA) is 35.5 Å². The van der Waals surface area contributed by atoms with Crippen LogP contribution in [0.25, 0.3) is 0 Å². The predicted molar refractivity (Wildman–Crippen MR) is 86.2 cm³/mol. The first-order valence-corrected chi connectivity index (χ1v) is 7.48. The van der Waals surface area contributed by atoms with E-state index < -0.39 is 5.97 Å². The Morgan fingerprint density at radius 3 is 2.62 bits per heavy atom. The van der Waals surface area contributed by atoms with Gasteiger partial charge in [-0.1, -0.05) is 39.7 Å². The van der Waals surface area contributed by atoms with Crippen LogP contribution in [0, 0.1) is 13.8 Å². The molecule has 0 saturated heterocycles. The van der Waals surface area contributed by atoms with Gasteiger partial charge in [0.25, 0.3) is 0 Å². The smallest absolute Gasteiger partial charge is 0.349 e. The second-order valence-corrected chi connectivity index (χ2v) is 5.93. The van der Waals surface area contributed by atoms with Crippen molar-refractivity contribution in [1.29, 1.82) is 0 Å². The normalized spacial score (nSPS) is 10.3. The average molecular weight is 370 g/mol. The highest BCUT2D eigenvalue weighted by molar-refractivity contribution is 9.10. The van der Waals surface area contributed by atoms with Crippen molar-refractivity contribution in [1.82, 2.24) is 0 Å². The molecule has 0 amide bonds. The van der Waals surface area contributed by atoms with Gasteiger partial charge in [0.05, 0.1) is 5.02 Å². The Hall–Kier alpha value is -1.52. The summed E-state index contributed by atoms with van der Waals surface area (Å²) in [5.74, 6) is 0.489. The first-order valence-electron chi connectivity index (χ1n) is 6.31. The molecule has 0 aliphatic carbocycles. The van der Waals surface area contributed by atoms with E-state index in [4.69, 9.17) is 21.1 Å². The van der Waals surface area contributed by atoms with Gasteiger partial charge < -0.3 is 9.47 Å². The fourth-order valence-corrected chi connectivity index (χ4v) is 2.42. The minimum absolute atomic E-state index is 0.170. The molecule has 0 aliphatic rings. The Kier molecular flexibility index (Phi) is 5.26. The van der Waals surface area contributed by atoms with Crippen molar-refractivity contribution in [3.63, 3.8) is 0 Å². The van der Waals surface area contributed by atoms with Crippen molar-refractivity contribution < 1.29 is 14.3 Å². The van der Waals surface area contributed by atoms with Crippen LogP contribution in [0.2, 0.25) is 5.02 Å². The molecule has 3 nitrogen and oxygen atoms in total. The van der Waals surface area contributed by atoms with Crippen LogP contribution in [-0.2, 0) is 4.79 Å². The van der Waals surface area contributed by atoms with Crippen molar-refractivity contribution in [2.24, 2.45) is 0 Å². The van der Waals surface area contributed by atoms with E-state index in [1.807, 2.05) is 32.0 Å². The Morgan fingerprint density at radius 2 is 1.90 bits per heavy atom. The molecule has 21 heavy (non-hydrogen) atoms. The number of aryl methyl sites for hydroxylation is 2. The highest BCUT2D eigenvalue weighted by atomic mass is 79.9. The summed E-state index contributed by atoms with van der Waals surface area (Å²) in [5, 5.41) is 0.365. The number of hydrogen-bond donors (Lipinski definition) is 0. The van der Waals surface area contributed by atoms with Gasteiger partial charge in [-0.25, -0.2) is 4.79 Å². The quantitative estimate of drug-likeness (QED) is 0.578. The molecule has 0 unspecified atom stereocenters. The summed E-state index contributed by atoms with van der Waals surface area (Å²) in [4.78, 5) is 11.8. The Bertz CT molecular complexity index is 671. The van der Waals surface area contributed by atoms with Crippen molar-refractivity contribution in [3.8, 4) is 11.5 Å². The van der Waals surface area contributed by atoms with E-state index in [-0.39, 0.29) is 6.61 Å². The lowest BCUT2D eigenvalue weighted by Gasteiger charge is -2.10. The fraction of sp³-hybridized carbons (Fsp3) is 0.188. The lowest BCUT2D eigenvalue weighted by atomic mass is 10.1. The van der Waals surface area contributed by atoms with Gasteiger partial charge in [-0.2, -0.15) is 0 Å². The number of carbonyl (C=O) groups is 1. The van der Waals surface area contributed by atoms with Crippen LogP contribution < -0.4 is 9.47 Å². The summed E-state index contributed by atoms with van der Waals surface area (Å²) in [7, 11) is 0. The van der Waals surface area contributed by atoms with E-state index in [0.29, 0.717) is 16.5 Å². The van der Waals surface area contributed by atoms with Gasteiger partial charge in [0.1, 0.15) is 11.5 Å². The molecule has 2 rings (SSSR count). The molecule has 110 valence electrons. The minimum atomic E-state index is -0.500. The zero-order valence-corrected chi connectivity index (χ0v) is 14.0. The lowest BCUT2D eigenvalue weighted by molar-refractivity contribution is -0.136. The van der Waals surface area contributed by atoms with E-state index in [1.54, 1.807) is 18.2 Å². The summed E-state index contributed by atoms with van der Waals surface area (Å²) < 4.78 is 11.5. The van der Waals surface area contributed by atoms with Gasteiger partial charge in [-0.3, -0.25) is 0 Å². The minimum Gasteiger partial charge on any atom is -0.482 e. The summed E-state index contributed by atoms with van der Waals surface area (Å²) in [6.07, 6.45) is 0. The van der Waals surface area contributed by atoms with Crippen LogP contribution in [0.15, 0.2) is 40.9 Å². The van der Waals surface area contributed by atoms with Crippen LogP contribution in [0.4, 0.5) is 0 Å². The number of hydrogen-bond acceptors (Lipinski definition) is 3. The van der Waals surface area contributed by atoms with Crippen molar-refractivity contribution >= 4 is 33.5 Å². The third-order valence-electron chi connectivity index (χ3n) is 2.81. The largest absolute Gasteiger partial charge is 0.482 e. The Labute approximate surface area is 137 Å². The van der Waals surface area contributed by atoms with Crippen molar-refractivity contribution in [2.75, 3.05) is 6.61 Å². The van der Waals surface area contributed by atoms with Gasteiger partial charge in [-0.15, -0.1) is 0 Å². The van der Waals surface area contributed by atoms with Crippen molar-refractivity contribution in [2.45, 2.75) is 13.8 Å². The molecule has 0 radical (unpaired) electrons. The van der Waals surface area contributed by atoms with E-state index in [0.717, 1.165) is 15.6 Å². The van der Waals surface area contributed by atoms with E-state index >= 15 is 0 Å². The highest BCUT2D eigenvalue weighted by Crippen LogP contribution is 2.28. The zero-order valence-electron chi connectivity index (χ0n) is 11.7. The second kappa shape index (κ2) is 6.96. The molecular formula is C16H14BrClO3. The van der Waals surface area contributed by atoms with Gasteiger partial charge in [0, 0.05) is 4.47 Å². The van der Waals surface area contributed by atoms with Crippen LogP contribution >= 0.6 is 27.5 Å². The summed E-state index contributed by atoms with van der Waals surface area (Å²) in [5.41, 5.74) is 2.04. The van der Waals surface area contributed by atoms with E-state index in [9.17, 15) is 4.79 Å². The summed E-state index contributed by atoms with van der Waals surface area (Å²) in [6, 6.07) is 10.9. The van der Waals surface area contributed by atoms with Gasteiger partial charge in [0.15, 0.2) is 6.61 Å². The fourth-order valence-electron chi connectivity index (χ4n) is 1.71. The monoisotopic (exact) mass is 368 g/mol. The maximum absolute atomic E-state index is 11.8. The molecule has 0 aliphatic heterocycles. The molecule has 2 aromatic carbocycles. The van der Waals surface area contributed by atoms with E-state index in [1.165, 1.54) is 0 Å². The maximum atomic E-state index is 11.8. The maximum Gasteiger partial charge on any atom is 0.349 e. The SMILES string of the molecule is Cc1ccc(C)c(OCC(=O)Oc2ccc(Br)cc2Cl)c1. The first kappa shape index (κ1) is 15.9. The standard InChI is InChI=1S/C16H14BrClO3/c1-10-3-4-11(2)15(7-10)20-9-16(19)21-14-6-5-12(17)8-13(14)18/h3-8H,9H2,1-2H3. The number of halogens is 2. The van der Waals surface area contributed by atoms with Crippen LogP contribution in [0.3, 0.4) is 0 Å². The number of esters is 1. The average Bonchev–Trinajstić information content (AvgIpc) is 2.43. The number of rotatable bonds is 4. The molecule has 0 spiro atoms. The molecular weight excluding hydrogens is 356 g/mol. The molecule has 0 saturated carbocycles. The molecule has 2 aromatic rings. The van der Waals surface area contributed by atoms with Gasteiger partial charge >= 0.3 is 5.97 Å². The molecule has 5 heteroatoms. The first-order chi connectivity index (χ1) is 9.95. The molecule has 0 aromatic heterocycles. The van der Waals surface area contributed by atoms with Gasteiger partial charge in [-0.05, 0) is 49.2 Å². The Balaban J connectivity index is 1.97. The molecule has 0 atom stereocenters. The Morgan fingerprint density at radius 1 is 1.14 bits per heavy atom. The van der Waals surface area contributed by atoms with Crippen molar-refractivity contribution in [3.05, 3.63) is 57.0 Å². The summed E-state index contributed by atoms with van der Waals surface area (Å²) in [6.45, 7) is 3.72. The highest BCUT2D eigenvalue weighted by Gasteiger charge is 2.10. The molecule has 0 N–H and O–H groups in total. The predicted octanol–water partition coefficient (Wildman–Crippen LogP) is 4.70. The number of benzene rings is 2. The van der Waals surface area contributed by atoms with Crippen LogP contribution in [0.1, 0.15) is 11.1 Å². The number of ether oxygens (including phenoxy) is 2. The molecule has 0 fully saturated rings. The third kappa shape index (κ3) is 4.48. The zero-order chi connectivity index (χ0) is 15.4. The van der Waals surface area contributed by atoms with Crippen LogP contribution in [0.5, 0.6) is 11.5 Å². The number of carbonyl (C=O) groups excluding carboxylic acids is 1. The van der Waals surface area contributed by atoms with Gasteiger partial charge in [0.2, 0.25) is 0 Å².